The number of hydrogen-bond donors (Lipinski definition) is 3. The Morgan fingerprint density at radius 3 is 1.21 bits per heavy atom. The molecule has 20 heteroatoms. The average molecular weight is 1130 g/mol. The van der Waals surface area contributed by atoms with Crippen LogP contribution in [0.3, 0.4) is 0 Å². The molecule has 8 fully saturated rings. The molecule has 8 aliphatic rings. The van der Waals surface area contributed by atoms with Gasteiger partial charge in [0.2, 0.25) is 0 Å². The zero-order valence-electron chi connectivity index (χ0n) is 47.6. The van der Waals surface area contributed by atoms with Crippen LogP contribution in [0.4, 0.5) is 0 Å². The Hall–Kier alpha value is -4.60. The molecule has 2 aromatic carbocycles. The normalized spacial score (nSPS) is 29.7. The Bertz CT molecular complexity index is 3100. The molecule has 4 aliphatic heterocycles. The molecule has 4 aromatic rings. The molecular weight excluding hydrogens is 1040 g/mol. The molecular formula is C61H83N8NaO11. The van der Waals surface area contributed by atoms with Crippen LogP contribution in [0.1, 0.15) is 179 Å². The fourth-order valence-corrected chi connectivity index (χ4v) is 17.0. The maximum absolute atomic E-state index is 13.9. The van der Waals surface area contributed by atoms with E-state index >= 15 is 0 Å². The third-order valence-corrected chi connectivity index (χ3v) is 20.1. The number of nitrogens with zero attached hydrogens (tertiary/aromatic N) is 7. The fraction of sp³-hybridized carbons (Fsp3) is 0.672. The van der Waals surface area contributed by atoms with Crippen molar-refractivity contribution in [1.29, 1.82) is 0 Å². The van der Waals surface area contributed by atoms with Crippen LogP contribution in [0.15, 0.2) is 67.7 Å². The van der Waals surface area contributed by atoms with Crippen molar-refractivity contribution in [3.8, 4) is 0 Å². The van der Waals surface area contributed by atoms with E-state index in [9.17, 15) is 38.4 Å². The maximum atomic E-state index is 13.9. The Morgan fingerprint density at radius 2 is 0.852 bits per heavy atom. The van der Waals surface area contributed by atoms with Crippen molar-refractivity contribution < 1.29 is 63.8 Å². The second-order valence-corrected chi connectivity index (χ2v) is 25.0. The largest absolute Gasteiger partial charge is 1.00 e. The molecule has 4 unspecified atom stereocenters. The summed E-state index contributed by atoms with van der Waals surface area (Å²) in [6, 6.07) is 16.5. The van der Waals surface area contributed by atoms with Gasteiger partial charge in [0.15, 0.2) is 11.6 Å². The first-order valence-corrected chi connectivity index (χ1v) is 30.1. The Kier molecular flexibility index (Phi) is 20.6. The molecule has 4 saturated carbocycles. The number of carboxylic acid groups (broad SMARTS) is 1. The van der Waals surface area contributed by atoms with Gasteiger partial charge < -0.3 is 26.5 Å². The molecule has 19 nitrogen and oxygen atoms in total. The van der Waals surface area contributed by atoms with Gasteiger partial charge in [-0.3, -0.25) is 56.8 Å². The standard InChI is InChI=1S/C31H41N3O5.C30H39N3O5.H3N2O.Na/c1-39-29(36)13-12-26(35)19-32-28-11-3-2-10-27(28)30(37)34(31(32)38)25-17-22-8-5-9-23(18-25)33(22)24-15-20-6-4-7-21(14-20)16-24;34-25(11-12-28(35)36)18-31-27-10-2-1-9-26(27)29(37)33(30(31)38)24-16-21-7-4-8-22(17-24)32(21)23-14-19-5-3-6-20(13-19)15-23;1-2-3;/h2-3,10-11,20-25H,4-9,12-19H2,1H3;1-2,9-10,19-24H,3-8,11-18H2,(H,35,36);3H,1H2;/q;;-1;+1/t20-,21+,22-,23+,24?,25?;19-,20+,21-,22+,23?,24?;;. The van der Waals surface area contributed by atoms with Gasteiger partial charge in [0.1, 0.15) is 0 Å². The zero-order chi connectivity index (χ0) is 56.2. The van der Waals surface area contributed by atoms with Gasteiger partial charge >= 0.3 is 52.9 Å². The number of carbonyl (C=O) groups excluding carboxylic acids is 3. The second kappa shape index (κ2) is 27.4. The van der Waals surface area contributed by atoms with Gasteiger partial charge in [-0.15, -0.1) is 0 Å². The molecule has 12 rings (SSSR count). The van der Waals surface area contributed by atoms with Crippen LogP contribution < -0.4 is 57.9 Å². The molecule has 81 heavy (non-hydrogen) atoms. The number of ether oxygens (including phenoxy) is 1. The van der Waals surface area contributed by atoms with Gasteiger partial charge in [-0.2, -0.15) is 0 Å². The van der Waals surface area contributed by atoms with Crippen LogP contribution in [0, 0.1) is 23.7 Å². The number of benzene rings is 2. The number of rotatable bonds is 14. The molecule has 6 heterocycles. The van der Waals surface area contributed by atoms with Crippen LogP contribution in [0.25, 0.3) is 27.4 Å². The van der Waals surface area contributed by atoms with Gasteiger partial charge in [-0.25, -0.2) is 9.59 Å². The number of fused-ring (bicyclic) bond motifs is 10. The summed E-state index contributed by atoms with van der Waals surface area (Å²) in [5.41, 5.74) is 1.53. The number of para-hydroxylation sites is 2. The molecule has 4 aliphatic carbocycles. The molecule has 0 spiro atoms. The summed E-state index contributed by atoms with van der Waals surface area (Å²) in [6.45, 7) is -0.378. The summed E-state index contributed by atoms with van der Waals surface area (Å²) in [7, 11) is 1.29. The van der Waals surface area contributed by atoms with E-state index in [-0.39, 0.29) is 103 Å². The van der Waals surface area contributed by atoms with Crippen LogP contribution >= 0.6 is 0 Å². The number of esters is 1. The number of methoxy groups -OCH3 is 1. The Labute approximate surface area is 495 Å². The van der Waals surface area contributed by atoms with Crippen molar-refractivity contribution in [1.82, 2.24) is 28.1 Å². The van der Waals surface area contributed by atoms with Gasteiger partial charge in [-0.05, 0) is 138 Å². The minimum atomic E-state index is -1.04. The second-order valence-electron chi connectivity index (χ2n) is 25.0. The first kappa shape index (κ1) is 61.0. The molecule has 0 radical (unpaired) electrons. The SMILES string of the molecule is COC(=O)CCC(=O)Cn1c(=O)n(C2C[C@H]3CCC[C@@H](C2)N3C2C[C@H]3CCC[C@@H](C2)C3)c(=O)c2ccccc21.N[N-]O.O=C(O)CCC(=O)Cn1c(=O)n(C2C[C@H]3CCC[C@@H](C2)N3C2C[C@H]3CCC[C@@H](C2)C3)c(=O)c2ccccc21.[Na+]. The van der Waals surface area contributed by atoms with Crippen molar-refractivity contribution in [3.63, 3.8) is 0 Å². The third-order valence-electron chi connectivity index (χ3n) is 20.1. The molecule has 0 amide bonds. The fourth-order valence-electron chi connectivity index (χ4n) is 17.0. The van der Waals surface area contributed by atoms with Crippen LogP contribution in [0.5, 0.6) is 0 Å². The van der Waals surface area contributed by atoms with E-state index in [4.69, 9.17) is 10.3 Å². The summed E-state index contributed by atoms with van der Waals surface area (Å²) in [6.07, 6.45) is 26.0. The summed E-state index contributed by atoms with van der Waals surface area (Å²) in [5.74, 6) is 5.44. The predicted octanol–water partition coefficient (Wildman–Crippen LogP) is 4.96. The van der Waals surface area contributed by atoms with Crippen molar-refractivity contribution in [2.24, 2.45) is 29.5 Å². The van der Waals surface area contributed by atoms with Crippen molar-refractivity contribution in [2.45, 2.75) is 228 Å². The zero-order valence-corrected chi connectivity index (χ0v) is 49.6. The minimum absolute atomic E-state index is 0. The van der Waals surface area contributed by atoms with Crippen LogP contribution in [0.2, 0.25) is 0 Å². The molecule has 434 valence electrons. The van der Waals surface area contributed by atoms with E-state index in [2.05, 4.69) is 20.4 Å². The maximum Gasteiger partial charge on any atom is 1.00 e. The number of nitrogens with two attached hydrogens (primary N) is 1. The van der Waals surface area contributed by atoms with E-state index < -0.39 is 23.3 Å². The number of carbonyl (C=O) groups is 4. The van der Waals surface area contributed by atoms with Crippen LogP contribution in [-0.2, 0) is 37.0 Å². The van der Waals surface area contributed by atoms with E-state index in [0.717, 1.165) is 75.0 Å². The molecule has 12 atom stereocenters. The number of carboxylic acids is 1. The van der Waals surface area contributed by atoms with E-state index in [0.29, 0.717) is 58.1 Å². The summed E-state index contributed by atoms with van der Waals surface area (Å²) >= 11 is 0. The Morgan fingerprint density at radius 1 is 0.506 bits per heavy atom. The number of piperidine rings is 4. The van der Waals surface area contributed by atoms with Gasteiger partial charge in [0.05, 0.1) is 54.8 Å². The minimum Gasteiger partial charge on any atom is -0.488 e. The Balaban J connectivity index is 0.000000185. The van der Waals surface area contributed by atoms with Crippen LogP contribution in [-0.4, -0.2) is 105 Å². The van der Waals surface area contributed by atoms with Crippen molar-refractivity contribution in [3.05, 3.63) is 95.8 Å². The first-order valence-electron chi connectivity index (χ1n) is 30.1. The summed E-state index contributed by atoms with van der Waals surface area (Å²) in [5, 5.41) is 16.8. The van der Waals surface area contributed by atoms with Crippen molar-refractivity contribution >= 4 is 45.3 Å². The van der Waals surface area contributed by atoms with Gasteiger partial charge in [0.25, 0.3) is 11.1 Å². The van der Waals surface area contributed by atoms with Gasteiger partial charge in [0, 0.05) is 61.2 Å². The number of hydrogen-bond acceptors (Lipinski definition) is 13. The summed E-state index contributed by atoms with van der Waals surface area (Å²) < 4.78 is 10.4. The first-order chi connectivity index (χ1) is 38.7. The smallest absolute Gasteiger partial charge is 0.488 e. The number of Topliss-reactive ketones (excluding diaryl/α,β-unsaturated/α-hetero) is 2. The predicted molar refractivity (Wildman–Crippen MR) is 302 cm³/mol. The molecule has 8 bridgehead atoms. The van der Waals surface area contributed by atoms with Gasteiger partial charge in [-0.1, -0.05) is 75.6 Å². The summed E-state index contributed by atoms with van der Waals surface area (Å²) in [4.78, 5) is 109. The molecule has 4 N–H and O–H groups in total. The van der Waals surface area contributed by atoms with E-state index in [1.165, 1.54) is 115 Å². The number of ketones is 2. The van der Waals surface area contributed by atoms with Crippen molar-refractivity contribution in [2.75, 3.05) is 7.11 Å². The molecule has 2 aromatic heterocycles. The number of aliphatic carboxylic acids is 1. The molecule has 4 saturated heterocycles. The van der Waals surface area contributed by atoms with E-state index in [1.54, 1.807) is 48.5 Å². The van der Waals surface area contributed by atoms with E-state index in [1.807, 2.05) is 5.59 Å². The average Bonchev–Trinajstić information content (AvgIpc) is 3.19. The number of aromatic nitrogens is 4. The third kappa shape index (κ3) is 13.5. The monoisotopic (exact) mass is 1130 g/mol. The topological polar surface area (TPSA) is 253 Å². The quantitative estimate of drug-likeness (QED) is 0.0653.